The molecule has 1 aromatic carbocycles. The van der Waals surface area contributed by atoms with Gasteiger partial charge in [0.15, 0.2) is 5.82 Å². The first-order valence-corrected chi connectivity index (χ1v) is 8.53. The smallest absolute Gasteiger partial charge is 0.303 e. The number of carbonyl (C=O) groups excluding carboxylic acids is 1. The molecule has 0 saturated carbocycles. The Balaban J connectivity index is 1.86. The molecule has 1 amide bonds. The van der Waals surface area contributed by atoms with Crippen molar-refractivity contribution in [2.45, 2.75) is 20.4 Å². The van der Waals surface area contributed by atoms with E-state index in [4.69, 9.17) is 11.6 Å². The lowest BCUT2D eigenvalue weighted by Gasteiger charge is -2.07. The Bertz CT molecular complexity index is 1070. The number of nitrogens with one attached hydrogen (secondary N) is 1. The summed E-state index contributed by atoms with van der Waals surface area (Å²) in [6.07, 6.45) is 0. The molecule has 3 rings (SSSR count). The van der Waals surface area contributed by atoms with Gasteiger partial charge in [-0.15, -0.1) is 0 Å². The Morgan fingerprint density at radius 3 is 2.71 bits per heavy atom. The Labute approximate surface area is 163 Å². The molecule has 1 N–H and O–H groups in total. The van der Waals surface area contributed by atoms with Crippen LogP contribution < -0.4 is 5.32 Å². The van der Waals surface area contributed by atoms with Gasteiger partial charge in [0.2, 0.25) is 5.69 Å². The van der Waals surface area contributed by atoms with Gasteiger partial charge in [-0.25, -0.2) is 4.39 Å². The van der Waals surface area contributed by atoms with Crippen LogP contribution in [0.25, 0.3) is 0 Å². The van der Waals surface area contributed by atoms with Gasteiger partial charge < -0.3 is 5.32 Å². The number of rotatable bonds is 5. The molecule has 28 heavy (non-hydrogen) atoms. The zero-order valence-corrected chi connectivity index (χ0v) is 16.0. The maximum absolute atomic E-state index is 14.0. The van der Waals surface area contributed by atoms with Crippen molar-refractivity contribution in [3.63, 3.8) is 0 Å². The van der Waals surface area contributed by atoms with E-state index in [1.807, 2.05) is 0 Å². The second-order valence-corrected chi connectivity index (χ2v) is 6.55. The summed E-state index contributed by atoms with van der Waals surface area (Å²) in [5, 5.41) is 22.1. The first kappa shape index (κ1) is 19.5. The Hall–Kier alpha value is -3.27. The molecule has 0 atom stereocenters. The minimum Gasteiger partial charge on any atom is -0.303 e. The fourth-order valence-electron chi connectivity index (χ4n) is 2.71. The van der Waals surface area contributed by atoms with Crippen LogP contribution in [0.4, 0.5) is 15.9 Å². The molecule has 0 fully saturated rings. The van der Waals surface area contributed by atoms with E-state index in [2.05, 4.69) is 15.5 Å². The summed E-state index contributed by atoms with van der Waals surface area (Å²) in [7, 11) is 1.51. The molecule has 2 heterocycles. The van der Waals surface area contributed by atoms with Crippen molar-refractivity contribution in [1.82, 2.24) is 19.6 Å². The summed E-state index contributed by atoms with van der Waals surface area (Å²) in [5.74, 6) is -1.07. The number of aromatic nitrogens is 4. The van der Waals surface area contributed by atoms with Crippen molar-refractivity contribution in [3.05, 3.63) is 67.9 Å². The molecule has 0 spiro atoms. The summed E-state index contributed by atoms with van der Waals surface area (Å²) >= 11 is 6.04. The average Bonchev–Trinajstić information content (AvgIpc) is 3.11. The second kappa shape index (κ2) is 7.39. The molecule has 9 nitrogen and oxygen atoms in total. The summed E-state index contributed by atoms with van der Waals surface area (Å²) in [6.45, 7) is 3.29. The third kappa shape index (κ3) is 3.58. The summed E-state index contributed by atoms with van der Waals surface area (Å²) in [6, 6.07) is 5.94. The molecule has 0 unspecified atom stereocenters. The summed E-state index contributed by atoms with van der Waals surface area (Å²) in [4.78, 5) is 23.1. The van der Waals surface area contributed by atoms with Gasteiger partial charge in [-0.05, 0) is 26.0 Å². The molecule has 0 aliphatic carbocycles. The van der Waals surface area contributed by atoms with E-state index in [-0.39, 0.29) is 40.0 Å². The van der Waals surface area contributed by atoms with E-state index in [1.165, 1.54) is 35.5 Å². The fourth-order valence-corrected chi connectivity index (χ4v) is 2.93. The first-order chi connectivity index (χ1) is 13.2. The van der Waals surface area contributed by atoms with E-state index < -0.39 is 16.6 Å². The lowest BCUT2D eigenvalue weighted by Crippen LogP contribution is -2.15. The highest BCUT2D eigenvalue weighted by molar-refractivity contribution is 6.31. The van der Waals surface area contributed by atoms with Gasteiger partial charge in [0.1, 0.15) is 11.5 Å². The van der Waals surface area contributed by atoms with Gasteiger partial charge in [-0.1, -0.05) is 17.7 Å². The van der Waals surface area contributed by atoms with Crippen LogP contribution in [0.5, 0.6) is 0 Å². The van der Waals surface area contributed by atoms with Crippen molar-refractivity contribution in [3.8, 4) is 0 Å². The van der Waals surface area contributed by atoms with Gasteiger partial charge >= 0.3 is 5.69 Å². The monoisotopic (exact) mass is 406 g/mol. The zero-order valence-electron chi connectivity index (χ0n) is 15.2. The third-order valence-corrected chi connectivity index (χ3v) is 4.65. The highest BCUT2D eigenvalue weighted by atomic mass is 35.5. The first-order valence-electron chi connectivity index (χ1n) is 8.15. The number of nitro groups is 1. The Morgan fingerprint density at radius 1 is 1.36 bits per heavy atom. The van der Waals surface area contributed by atoms with Crippen molar-refractivity contribution >= 4 is 29.0 Å². The van der Waals surface area contributed by atoms with Crippen molar-refractivity contribution in [1.29, 1.82) is 0 Å². The number of hydrogen-bond acceptors (Lipinski definition) is 5. The SMILES string of the molecule is Cc1c([N+](=O)[O-])c(C(=O)Nc2cc(C)n(Cc3c(F)cccc3Cl)n2)nn1C. The molecule has 146 valence electrons. The second-order valence-electron chi connectivity index (χ2n) is 6.15. The molecule has 0 aliphatic rings. The summed E-state index contributed by atoms with van der Waals surface area (Å²) < 4.78 is 16.7. The number of benzene rings is 1. The van der Waals surface area contributed by atoms with Crippen LogP contribution >= 0.6 is 11.6 Å². The maximum Gasteiger partial charge on any atom is 0.322 e. The minimum atomic E-state index is -0.760. The lowest BCUT2D eigenvalue weighted by atomic mass is 10.2. The van der Waals surface area contributed by atoms with E-state index in [1.54, 1.807) is 19.1 Å². The van der Waals surface area contributed by atoms with Crippen LogP contribution in [0.15, 0.2) is 24.3 Å². The molecule has 0 saturated heterocycles. The van der Waals surface area contributed by atoms with Crippen LogP contribution in [0.2, 0.25) is 5.02 Å². The van der Waals surface area contributed by atoms with Crippen LogP contribution in [-0.4, -0.2) is 30.4 Å². The number of hydrogen-bond donors (Lipinski definition) is 1. The molecule has 2 aromatic heterocycles. The Kier molecular flexibility index (Phi) is 5.14. The molecular formula is C17H16ClFN6O3. The summed E-state index contributed by atoms with van der Waals surface area (Å²) in [5.41, 5.74) is 0.486. The number of aryl methyl sites for hydroxylation is 2. The Morgan fingerprint density at radius 2 is 2.07 bits per heavy atom. The average molecular weight is 407 g/mol. The highest BCUT2D eigenvalue weighted by Gasteiger charge is 2.29. The van der Waals surface area contributed by atoms with Crippen LogP contribution in [0.1, 0.15) is 27.4 Å². The van der Waals surface area contributed by atoms with Gasteiger partial charge in [-0.2, -0.15) is 10.2 Å². The van der Waals surface area contributed by atoms with Gasteiger partial charge in [0, 0.05) is 29.4 Å². The largest absolute Gasteiger partial charge is 0.322 e. The normalized spacial score (nSPS) is 10.9. The van der Waals surface area contributed by atoms with Gasteiger partial charge in [-0.3, -0.25) is 24.3 Å². The molecule has 0 aliphatic heterocycles. The molecule has 0 radical (unpaired) electrons. The molecular weight excluding hydrogens is 391 g/mol. The quantitative estimate of drug-likeness (QED) is 0.517. The van der Waals surface area contributed by atoms with Crippen LogP contribution in [0, 0.1) is 29.8 Å². The number of halogens is 2. The molecule has 3 aromatic rings. The van der Waals surface area contributed by atoms with Gasteiger partial charge in [0.25, 0.3) is 5.91 Å². The highest BCUT2D eigenvalue weighted by Crippen LogP contribution is 2.24. The van der Waals surface area contributed by atoms with E-state index in [0.29, 0.717) is 5.69 Å². The number of anilines is 1. The molecule has 0 bridgehead atoms. The van der Waals surface area contributed by atoms with E-state index >= 15 is 0 Å². The lowest BCUT2D eigenvalue weighted by molar-refractivity contribution is -0.385. The van der Waals surface area contributed by atoms with Crippen LogP contribution in [0.3, 0.4) is 0 Å². The van der Waals surface area contributed by atoms with Crippen molar-refractivity contribution in [2.24, 2.45) is 7.05 Å². The minimum absolute atomic E-state index is 0.0655. The fraction of sp³-hybridized carbons (Fsp3) is 0.235. The number of carbonyl (C=O) groups is 1. The molecule has 11 heteroatoms. The number of nitrogens with zero attached hydrogens (tertiary/aromatic N) is 5. The van der Waals surface area contributed by atoms with Crippen molar-refractivity contribution < 1.29 is 14.1 Å². The van der Waals surface area contributed by atoms with Crippen LogP contribution in [-0.2, 0) is 13.6 Å². The van der Waals surface area contributed by atoms with Crippen molar-refractivity contribution in [2.75, 3.05) is 5.32 Å². The number of amides is 1. The predicted octanol–water partition coefficient (Wildman–Crippen LogP) is 3.23. The zero-order chi connectivity index (χ0) is 20.6. The maximum atomic E-state index is 14.0. The van der Waals surface area contributed by atoms with E-state index in [0.717, 1.165) is 0 Å². The van der Waals surface area contributed by atoms with Gasteiger partial charge in [0.05, 0.1) is 11.5 Å². The van der Waals surface area contributed by atoms with E-state index in [9.17, 15) is 19.3 Å². The predicted molar refractivity (Wildman–Crippen MR) is 100 cm³/mol. The third-order valence-electron chi connectivity index (χ3n) is 4.29. The standard InChI is InChI=1S/C17H16ClFN6O3/c1-9-7-14(21-24(9)8-11-12(18)5-4-6-13(11)19)20-17(26)15-16(25(27)28)10(2)23(3)22-15/h4-7H,8H2,1-3H3,(H,20,21,26). The topological polar surface area (TPSA) is 108 Å².